The van der Waals surface area contributed by atoms with Crippen molar-refractivity contribution < 1.29 is 23.0 Å². The summed E-state index contributed by atoms with van der Waals surface area (Å²) in [6, 6.07) is 2.66. The van der Waals surface area contributed by atoms with Gasteiger partial charge in [0.2, 0.25) is 0 Å². The number of amides is 1. The average molecular weight is 420 g/mol. The molecule has 3 atom stereocenters. The number of imidazole rings is 1. The smallest absolute Gasteiger partial charge is 0.407 e. The highest BCUT2D eigenvalue weighted by Gasteiger charge is 2.39. The largest absolute Gasteiger partial charge is 0.444 e. The van der Waals surface area contributed by atoms with Crippen LogP contribution < -0.4 is 5.32 Å². The van der Waals surface area contributed by atoms with Crippen molar-refractivity contribution in [2.75, 3.05) is 6.61 Å². The van der Waals surface area contributed by atoms with Crippen molar-refractivity contribution >= 4 is 6.09 Å². The number of H-pyrrole nitrogens is 1. The molecule has 9 heteroatoms. The number of nitrogens with one attached hydrogen (secondary N) is 2. The summed E-state index contributed by atoms with van der Waals surface area (Å²) in [5.41, 5.74) is 1.46. The zero-order valence-corrected chi connectivity index (χ0v) is 17.2. The van der Waals surface area contributed by atoms with Gasteiger partial charge in [-0.15, -0.1) is 0 Å². The van der Waals surface area contributed by atoms with Gasteiger partial charge in [0.25, 0.3) is 0 Å². The number of hydrogen-bond donors (Lipinski definition) is 2. The number of rotatable bonds is 3. The monoisotopic (exact) mass is 420 g/mol. The number of carbonyl (C=O) groups is 1. The molecule has 7 nitrogen and oxygen atoms in total. The van der Waals surface area contributed by atoms with Crippen LogP contribution in [0.5, 0.6) is 0 Å². The predicted octanol–water partition coefficient (Wildman–Crippen LogP) is 3.43. The van der Waals surface area contributed by atoms with Crippen molar-refractivity contribution in [1.82, 2.24) is 20.2 Å². The maximum Gasteiger partial charge on any atom is 0.407 e. The first kappa shape index (κ1) is 20.7. The van der Waals surface area contributed by atoms with Crippen molar-refractivity contribution in [1.29, 1.82) is 0 Å². The van der Waals surface area contributed by atoms with E-state index in [4.69, 9.17) is 9.47 Å². The van der Waals surface area contributed by atoms with Gasteiger partial charge in [0, 0.05) is 24.7 Å². The Balaban J connectivity index is 1.53. The Bertz CT molecular complexity index is 907. The Morgan fingerprint density at radius 3 is 2.87 bits per heavy atom. The van der Waals surface area contributed by atoms with Crippen molar-refractivity contribution in [3.05, 3.63) is 53.1 Å². The molecule has 0 spiro atoms. The molecule has 1 saturated heterocycles. The van der Waals surface area contributed by atoms with Crippen molar-refractivity contribution in [2.45, 2.75) is 64.1 Å². The first-order valence-electron chi connectivity index (χ1n) is 10.0. The minimum absolute atomic E-state index is 0.0135. The summed E-state index contributed by atoms with van der Waals surface area (Å²) in [7, 11) is 0. The maximum absolute atomic E-state index is 14.5. The Morgan fingerprint density at radius 2 is 2.13 bits per heavy atom. The lowest BCUT2D eigenvalue weighted by atomic mass is 9.92. The standard InChI is InChI=1S/C21H26F2N4O3/c1-21(2,3)30-20(28)26-16-7-13(27-8-17-18(9-27)25-11-24-17)10-29-19(16)14-6-12(22)4-5-15(14)23/h4-6,11,13,16,19H,7-10H2,1-3H3,(H,24,25)(H,26,28)/t13-,16+,19-/m1/s1. The number of aromatic amines is 1. The van der Waals surface area contributed by atoms with Crippen LogP contribution in [0.15, 0.2) is 24.5 Å². The Kier molecular flexibility index (Phi) is 5.50. The summed E-state index contributed by atoms with van der Waals surface area (Å²) in [6.45, 7) is 6.99. The minimum atomic E-state index is -0.817. The van der Waals surface area contributed by atoms with Gasteiger partial charge in [0.15, 0.2) is 0 Å². The summed E-state index contributed by atoms with van der Waals surface area (Å²) in [6.07, 6.45) is 0.744. The van der Waals surface area contributed by atoms with E-state index in [1.165, 1.54) is 0 Å². The van der Waals surface area contributed by atoms with Gasteiger partial charge in [-0.25, -0.2) is 18.6 Å². The summed E-state index contributed by atoms with van der Waals surface area (Å²) in [4.78, 5) is 22.1. The highest BCUT2D eigenvalue weighted by molar-refractivity contribution is 5.68. The predicted molar refractivity (Wildman–Crippen MR) is 104 cm³/mol. The van der Waals surface area contributed by atoms with Crippen LogP contribution in [0.4, 0.5) is 13.6 Å². The van der Waals surface area contributed by atoms with Gasteiger partial charge in [-0.05, 0) is 45.4 Å². The van der Waals surface area contributed by atoms with Crippen molar-refractivity contribution in [3.8, 4) is 0 Å². The molecule has 3 heterocycles. The Hall–Kier alpha value is -2.52. The molecule has 0 unspecified atom stereocenters. The molecule has 1 aromatic carbocycles. The fraction of sp³-hybridized carbons (Fsp3) is 0.524. The van der Waals surface area contributed by atoms with Crippen LogP contribution in [-0.2, 0) is 22.6 Å². The topological polar surface area (TPSA) is 79.5 Å². The SMILES string of the molecule is CC(C)(C)OC(=O)N[C@H]1C[C@@H](N2Cc3nc[nH]c3C2)CO[C@@H]1c1cc(F)ccc1F. The van der Waals surface area contributed by atoms with E-state index in [9.17, 15) is 13.6 Å². The van der Waals surface area contributed by atoms with Gasteiger partial charge in [-0.3, -0.25) is 4.90 Å². The number of carbonyl (C=O) groups excluding carboxylic acids is 1. The van der Waals surface area contributed by atoms with Gasteiger partial charge < -0.3 is 19.8 Å². The lowest BCUT2D eigenvalue weighted by Crippen LogP contribution is -2.52. The zero-order chi connectivity index (χ0) is 21.5. The minimum Gasteiger partial charge on any atom is -0.444 e. The number of fused-ring (bicyclic) bond motifs is 1. The molecule has 2 aliphatic heterocycles. The number of nitrogens with zero attached hydrogens (tertiary/aromatic N) is 2. The molecular weight excluding hydrogens is 394 g/mol. The van der Waals surface area contributed by atoms with Crippen LogP contribution in [0.1, 0.15) is 50.2 Å². The second-order valence-electron chi connectivity index (χ2n) is 8.79. The lowest BCUT2D eigenvalue weighted by molar-refractivity contribution is -0.0629. The van der Waals surface area contributed by atoms with E-state index in [0.717, 1.165) is 29.6 Å². The molecule has 2 aromatic rings. The van der Waals surface area contributed by atoms with Gasteiger partial charge >= 0.3 is 6.09 Å². The van der Waals surface area contributed by atoms with E-state index < -0.39 is 35.5 Å². The molecule has 0 aliphatic carbocycles. The summed E-state index contributed by atoms with van der Waals surface area (Å²) in [5, 5.41) is 2.81. The molecule has 0 bridgehead atoms. The molecule has 1 amide bonds. The van der Waals surface area contributed by atoms with Crippen LogP contribution in [-0.4, -0.2) is 45.3 Å². The summed E-state index contributed by atoms with van der Waals surface area (Å²) >= 11 is 0. The molecule has 0 radical (unpaired) electrons. The number of ether oxygens (including phenoxy) is 2. The van der Waals surface area contributed by atoms with E-state index in [0.29, 0.717) is 26.1 Å². The third kappa shape index (κ3) is 4.46. The number of benzene rings is 1. The molecule has 30 heavy (non-hydrogen) atoms. The van der Waals surface area contributed by atoms with E-state index in [2.05, 4.69) is 20.2 Å². The molecule has 4 rings (SSSR count). The van der Waals surface area contributed by atoms with E-state index in [1.807, 2.05) is 0 Å². The molecule has 1 fully saturated rings. The molecule has 2 N–H and O–H groups in total. The van der Waals surface area contributed by atoms with Crippen LogP contribution in [0.2, 0.25) is 0 Å². The third-order valence-corrected chi connectivity index (χ3v) is 5.36. The maximum atomic E-state index is 14.5. The fourth-order valence-electron chi connectivity index (χ4n) is 4.03. The molecular formula is C21H26F2N4O3. The third-order valence-electron chi connectivity index (χ3n) is 5.36. The van der Waals surface area contributed by atoms with Crippen LogP contribution >= 0.6 is 0 Å². The Labute approximate surface area is 173 Å². The second-order valence-corrected chi connectivity index (χ2v) is 8.79. The average Bonchev–Trinajstić information content (AvgIpc) is 3.24. The number of halogens is 2. The van der Waals surface area contributed by atoms with E-state index in [1.54, 1.807) is 27.1 Å². The highest BCUT2D eigenvalue weighted by Crippen LogP contribution is 2.34. The van der Waals surface area contributed by atoms with Gasteiger partial charge in [-0.2, -0.15) is 0 Å². The highest BCUT2D eigenvalue weighted by atomic mass is 19.1. The first-order valence-corrected chi connectivity index (χ1v) is 10.0. The molecule has 162 valence electrons. The molecule has 0 saturated carbocycles. The summed E-state index contributed by atoms with van der Waals surface area (Å²) in [5.74, 6) is -1.13. The van der Waals surface area contributed by atoms with Gasteiger partial charge in [0.05, 0.1) is 30.4 Å². The lowest BCUT2D eigenvalue weighted by Gasteiger charge is -2.40. The number of hydrogen-bond acceptors (Lipinski definition) is 5. The quantitative estimate of drug-likeness (QED) is 0.796. The molecule has 2 aliphatic rings. The fourth-order valence-corrected chi connectivity index (χ4v) is 4.03. The summed E-state index contributed by atoms with van der Waals surface area (Å²) < 4.78 is 39.6. The first-order chi connectivity index (χ1) is 14.2. The van der Waals surface area contributed by atoms with Crippen LogP contribution in [0.25, 0.3) is 0 Å². The molecule has 1 aromatic heterocycles. The van der Waals surface area contributed by atoms with Gasteiger partial charge in [0.1, 0.15) is 23.3 Å². The van der Waals surface area contributed by atoms with Crippen LogP contribution in [0, 0.1) is 11.6 Å². The van der Waals surface area contributed by atoms with E-state index in [-0.39, 0.29) is 11.6 Å². The Morgan fingerprint density at radius 1 is 1.33 bits per heavy atom. The van der Waals surface area contributed by atoms with Crippen molar-refractivity contribution in [2.24, 2.45) is 0 Å². The zero-order valence-electron chi connectivity index (χ0n) is 17.2. The van der Waals surface area contributed by atoms with E-state index >= 15 is 0 Å². The van der Waals surface area contributed by atoms with Crippen molar-refractivity contribution in [3.63, 3.8) is 0 Å². The number of aromatic nitrogens is 2. The number of alkyl carbamates (subject to hydrolysis) is 1. The van der Waals surface area contributed by atoms with Crippen LogP contribution in [0.3, 0.4) is 0 Å². The second kappa shape index (κ2) is 7.96. The normalized spacial score (nSPS) is 24.5. The van der Waals surface area contributed by atoms with Gasteiger partial charge in [-0.1, -0.05) is 0 Å².